The quantitative estimate of drug-likeness (QED) is 0.791. The molecule has 1 aromatic carbocycles. The maximum Gasteiger partial charge on any atom is 0.275 e. The van der Waals surface area contributed by atoms with Crippen LogP contribution in [0, 0.1) is 5.92 Å². The Balaban J connectivity index is 1.54. The van der Waals surface area contributed by atoms with Crippen LogP contribution in [0.15, 0.2) is 47.4 Å². The highest BCUT2D eigenvalue weighted by atomic mass is 32.1. The van der Waals surface area contributed by atoms with E-state index in [0.717, 1.165) is 18.0 Å². The lowest BCUT2D eigenvalue weighted by molar-refractivity contribution is 0.323. The highest BCUT2D eigenvalue weighted by Gasteiger charge is 2.26. The number of benzene rings is 1. The molecular weight excluding hydrogens is 320 g/mol. The Morgan fingerprint density at radius 2 is 2.00 bits per heavy atom. The van der Waals surface area contributed by atoms with Crippen LogP contribution in [0.4, 0.5) is 5.13 Å². The van der Waals surface area contributed by atoms with Crippen molar-refractivity contribution in [2.24, 2.45) is 5.92 Å². The molecule has 4 rings (SSSR count). The van der Waals surface area contributed by atoms with Gasteiger partial charge in [0.05, 0.1) is 0 Å². The summed E-state index contributed by atoms with van der Waals surface area (Å²) in [6.45, 7) is 0. The van der Waals surface area contributed by atoms with Gasteiger partial charge < -0.3 is 5.32 Å². The molecule has 1 aliphatic carbocycles. The maximum atomic E-state index is 11.8. The standard InChI is InChI=1S/C18H20N4OS/c23-16-10-11-19-18-22(16)21-17(24-18)20-15-9-5-4-8-14(15)12-13-6-2-1-3-7-13/h1-3,6-7,10-11,14-15H,4-5,8-9,12H2,(H,20,21)/t14-,15-/m1/s1. The SMILES string of the molecule is O=c1ccnc2sc(N[C@@H]3CCCC[C@@H]3Cc3ccccc3)nn12. The molecule has 0 spiro atoms. The minimum atomic E-state index is -0.131. The summed E-state index contributed by atoms with van der Waals surface area (Å²) in [6, 6.07) is 12.5. The Kier molecular flexibility index (Phi) is 4.30. The first-order valence-electron chi connectivity index (χ1n) is 8.45. The number of nitrogens with zero attached hydrogens (tertiary/aromatic N) is 3. The molecule has 0 amide bonds. The Hall–Kier alpha value is -2.21. The van der Waals surface area contributed by atoms with Crippen LogP contribution in [0.3, 0.4) is 0 Å². The normalized spacial score (nSPS) is 21.0. The fourth-order valence-electron chi connectivity index (χ4n) is 3.52. The van der Waals surface area contributed by atoms with E-state index in [2.05, 4.69) is 45.7 Å². The molecular formula is C18H20N4OS. The van der Waals surface area contributed by atoms with Gasteiger partial charge in [-0.2, -0.15) is 4.52 Å². The zero-order valence-electron chi connectivity index (χ0n) is 13.4. The van der Waals surface area contributed by atoms with Crippen LogP contribution >= 0.6 is 11.3 Å². The van der Waals surface area contributed by atoms with Gasteiger partial charge >= 0.3 is 0 Å². The molecule has 5 nitrogen and oxygen atoms in total. The number of aromatic nitrogens is 3. The average molecular weight is 340 g/mol. The van der Waals surface area contributed by atoms with Crippen molar-refractivity contribution in [3.05, 3.63) is 58.5 Å². The van der Waals surface area contributed by atoms with Gasteiger partial charge in [-0.1, -0.05) is 54.5 Å². The molecule has 1 N–H and O–H groups in total. The number of fused-ring (bicyclic) bond motifs is 1. The molecule has 0 radical (unpaired) electrons. The fraction of sp³-hybridized carbons (Fsp3) is 0.389. The van der Waals surface area contributed by atoms with Gasteiger partial charge in [0.1, 0.15) is 0 Å². The van der Waals surface area contributed by atoms with Crippen LogP contribution in [0.25, 0.3) is 4.96 Å². The fourth-order valence-corrected chi connectivity index (χ4v) is 4.36. The third kappa shape index (κ3) is 3.19. The Bertz CT molecular complexity index is 873. The highest BCUT2D eigenvalue weighted by Crippen LogP contribution is 2.30. The van der Waals surface area contributed by atoms with Gasteiger partial charge in [-0.3, -0.25) is 4.79 Å². The second kappa shape index (κ2) is 6.73. The zero-order valence-corrected chi connectivity index (χ0v) is 14.2. The lowest BCUT2D eigenvalue weighted by atomic mass is 9.81. The number of hydrogen-bond acceptors (Lipinski definition) is 5. The summed E-state index contributed by atoms with van der Waals surface area (Å²) in [6.07, 6.45) is 7.54. The summed E-state index contributed by atoms with van der Waals surface area (Å²) >= 11 is 1.44. The molecule has 0 unspecified atom stereocenters. The van der Waals surface area contributed by atoms with E-state index < -0.39 is 0 Å². The highest BCUT2D eigenvalue weighted by molar-refractivity contribution is 7.20. The van der Waals surface area contributed by atoms with Gasteiger partial charge in [-0.05, 0) is 30.7 Å². The monoisotopic (exact) mass is 340 g/mol. The molecule has 124 valence electrons. The van der Waals surface area contributed by atoms with Crippen molar-refractivity contribution in [1.82, 2.24) is 14.6 Å². The predicted octanol–water partition coefficient (Wildman–Crippen LogP) is 3.36. The van der Waals surface area contributed by atoms with Crippen LogP contribution in [0.2, 0.25) is 0 Å². The first-order valence-corrected chi connectivity index (χ1v) is 9.26. The molecule has 1 fully saturated rings. The van der Waals surface area contributed by atoms with Crippen molar-refractivity contribution in [3.8, 4) is 0 Å². The Morgan fingerprint density at radius 1 is 1.17 bits per heavy atom. The molecule has 3 aromatic rings. The first-order chi connectivity index (χ1) is 11.8. The van der Waals surface area contributed by atoms with Crippen LogP contribution in [0.5, 0.6) is 0 Å². The van der Waals surface area contributed by atoms with Gasteiger partial charge in [0.25, 0.3) is 5.56 Å². The van der Waals surface area contributed by atoms with Gasteiger partial charge in [-0.15, -0.1) is 5.10 Å². The van der Waals surface area contributed by atoms with E-state index in [9.17, 15) is 4.79 Å². The van der Waals surface area contributed by atoms with Crippen LogP contribution in [-0.4, -0.2) is 20.6 Å². The van der Waals surface area contributed by atoms with E-state index in [1.165, 1.54) is 46.7 Å². The van der Waals surface area contributed by atoms with Gasteiger partial charge in [-0.25, -0.2) is 4.98 Å². The molecule has 1 aliphatic rings. The molecule has 2 heterocycles. The van der Waals surface area contributed by atoms with Gasteiger partial charge in [0.15, 0.2) is 0 Å². The molecule has 1 saturated carbocycles. The Labute approximate surface area is 144 Å². The van der Waals surface area contributed by atoms with Crippen molar-refractivity contribution in [3.63, 3.8) is 0 Å². The van der Waals surface area contributed by atoms with E-state index >= 15 is 0 Å². The minimum absolute atomic E-state index is 0.131. The summed E-state index contributed by atoms with van der Waals surface area (Å²) < 4.78 is 1.38. The molecule has 0 saturated heterocycles. The second-order valence-electron chi connectivity index (χ2n) is 6.37. The molecule has 2 aromatic heterocycles. The van der Waals surface area contributed by atoms with Gasteiger partial charge in [0.2, 0.25) is 10.1 Å². The van der Waals surface area contributed by atoms with E-state index in [4.69, 9.17) is 0 Å². The van der Waals surface area contributed by atoms with Crippen molar-refractivity contribution < 1.29 is 0 Å². The first kappa shape index (κ1) is 15.3. The Morgan fingerprint density at radius 3 is 2.83 bits per heavy atom. The summed E-state index contributed by atoms with van der Waals surface area (Å²) in [7, 11) is 0. The number of anilines is 1. The summed E-state index contributed by atoms with van der Waals surface area (Å²) in [4.78, 5) is 16.7. The topological polar surface area (TPSA) is 59.3 Å². The van der Waals surface area contributed by atoms with Crippen molar-refractivity contribution in [2.45, 2.75) is 38.1 Å². The van der Waals surface area contributed by atoms with E-state index in [0.29, 0.717) is 16.9 Å². The zero-order chi connectivity index (χ0) is 16.4. The van der Waals surface area contributed by atoms with Crippen molar-refractivity contribution in [1.29, 1.82) is 0 Å². The van der Waals surface area contributed by atoms with Crippen LogP contribution in [0.1, 0.15) is 31.2 Å². The summed E-state index contributed by atoms with van der Waals surface area (Å²) in [5, 5.41) is 8.76. The number of nitrogens with one attached hydrogen (secondary N) is 1. The van der Waals surface area contributed by atoms with E-state index in [1.54, 1.807) is 6.20 Å². The molecule has 0 aliphatic heterocycles. The minimum Gasteiger partial charge on any atom is -0.357 e. The largest absolute Gasteiger partial charge is 0.357 e. The molecule has 0 bridgehead atoms. The predicted molar refractivity (Wildman–Crippen MR) is 96.6 cm³/mol. The van der Waals surface area contributed by atoms with E-state index in [-0.39, 0.29) is 5.56 Å². The maximum absolute atomic E-state index is 11.8. The summed E-state index contributed by atoms with van der Waals surface area (Å²) in [5.74, 6) is 0.595. The molecule has 2 atom stereocenters. The lowest BCUT2D eigenvalue weighted by Crippen LogP contribution is -2.33. The number of hydrogen-bond donors (Lipinski definition) is 1. The molecule has 24 heavy (non-hydrogen) atoms. The third-order valence-electron chi connectivity index (χ3n) is 4.73. The lowest BCUT2D eigenvalue weighted by Gasteiger charge is -2.32. The second-order valence-corrected chi connectivity index (χ2v) is 7.33. The molecule has 6 heteroatoms. The van der Waals surface area contributed by atoms with E-state index in [1.807, 2.05) is 0 Å². The van der Waals surface area contributed by atoms with Crippen molar-refractivity contribution in [2.75, 3.05) is 5.32 Å². The smallest absolute Gasteiger partial charge is 0.275 e. The van der Waals surface area contributed by atoms with Crippen LogP contribution in [-0.2, 0) is 6.42 Å². The summed E-state index contributed by atoms with van der Waals surface area (Å²) in [5.41, 5.74) is 1.26. The average Bonchev–Trinajstić information content (AvgIpc) is 3.02. The van der Waals surface area contributed by atoms with Gasteiger partial charge in [0, 0.05) is 18.3 Å². The number of rotatable bonds is 4. The van der Waals surface area contributed by atoms with Crippen LogP contribution < -0.4 is 10.9 Å². The third-order valence-corrected chi connectivity index (χ3v) is 5.58. The van der Waals surface area contributed by atoms with Crippen molar-refractivity contribution >= 4 is 21.4 Å².